The molecule has 4 nitrogen and oxygen atoms in total. The van der Waals surface area contributed by atoms with Gasteiger partial charge >= 0.3 is 0 Å². The van der Waals surface area contributed by atoms with Crippen LogP contribution in [0.25, 0.3) is 17.0 Å². The molecule has 0 amide bonds. The number of piperazine rings is 1. The number of quaternary nitrogens is 2. The number of nitrogens with one attached hydrogen (secondary N) is 2. The van der Waals surface area contributed by atoms with E-state index in [2.05, 4.69) is 42.1 Å². The molecule has 0 unspecified atom stereocenters. The number of benzene rings is 2. The van der Waals surface area contributed by atoms with Gasteiger partial charge in [-0.25, -0.2) is 0 Å². The second-order valence-electron chi connectivity index (χ2n) is 7.50. The number of carbonyl (C=O) groups is 1. The van der Waals surface area contributed by atoms with Crippen LogP contribution < -0.4 is 9.80 Å². The lowest BCUT2D eigenvalue weighted by atomic mass is 10.1. The monoisotopic (exact) mass is 361 g/mol. The van der Waals surface area contributed by atoms with Gasteiger partial charge in [0.15, 0.2) is 12.5 Å². The normalized spacial score (nSPS) is 20.3. The maximum atomic E-state index is 12.4. The van der Waals surface area contributed by atoms with Crippen LogP contribution in [0.15, 0.2) is 66.9 Å². The molecule has 0 aliphatic carbocycles. The predicted octanol–water partition coefficient (Wildman–Crippen LogP) is 0.908. The molecule has 2 heterocycles. The largest absolute Gasteiger partial charge is 0.328 e. The van der Waals surface area contributed by atoms with Crippen molar-refractivity contribution in [1.29, 1.82) is 0 Å². The highest BCUT2D eigenvalue weighted by atomic mass is 16.1. The second-order valence-corrected chi connectivity index (χ2v) is 7.50. The van der Waals surface area contributed by atoms with Gasteiger partial charge in [-0.2, -0.15) is 0 Å². The van der Waals surface area contributed by atoms with Gasteiger partial charge in [0.1, 0.15) is 26.2 Å². The first-order chi connectivity index (χ1) is 13.2. The molecule has 0 radical (unpaired) electrons. The van der Waals surface area contributed by atoms with Crippen molar-refractivity contribution in [3.63, 3.8) is 0 Å². The number of allylic oxidation sites excluding steroid dienone is 1. The molecule has 3 aromatic rings. The number of carbonyl (C=O) groups excluding carboxylic acids is 1. The number of rotatable bonds is 5. The molecule has 0 bridgehead atoms. The van der Waals surface area contributed by atoms with Gasteiger partial charge in [-0.05, 0) is 18.2 Å². The van der Waals surface area contributed by atoms with E-state index in [0.717, 1.165) is 17.8 Å². The van der Waals surface area contributed by atoms with Crippen molar-refractivity contribution in [1.82, 2.24) is 4.57 Å². The Morgan fingerprint density at radius 1 is 1.00 bits per heavy atom. The third kappa shape index (κ3) is 4.02. The summed E-state index contributed by atoms with van der Waals surface area (Å²) in [5.74, 6) is 0.0418. The summed E-state index contributed by atoms with van der Waals surface area (Å²) in [7, 11) is 2.27. The van der Waals surface area contributed by atoms with Gasteiger partial charge in [0.05, 0.1) is 12.6 Å². The van der Waals surface area contributed by atoms with Crippen LogP contribution >= 0.6 is 0 Å². The second kappa shape index (κ2) is 7.91. The molecule has 1 aliphatic heterocycles. The van der Waals surface area contributed by atoms with Crippen molar-refractivity contribution in [2.24, 2.45) is 0 Å². The average molecular weight is 361 g/mol. The van der Waals surface area contributed by atoms with E-state index in [-0.39, 0.29) is 5.78 Å². The Hall–Kier alpha value is -2.69. The van der Waals surface area contributed by atoms with Crippen LogP contribution in [0.4, 0.5) is 0 Å². The van der Waals surface area contributed by atoms with Crippen LogP contribution in [0, 0.1) is 0 Å². The van der Waals surface area contributed by atoms with Crippen molar-refractivity contribution in [3.8, 4) is 0 Å². The lowest BCUT2D eigenvalue weighted by molar-refractivity contribution is -1.01. The van der Waals surface area contributed by atoms with Gasteiger partial charge in [-0.15, -0.1) is 0 Å². The van der Waals surface area contributed by atoms with Gasteiger partial charge in [-0.1, -0.05) is 48.5 Å². The highest BCUT2D eigenvalue weighted by Crippen LogP contribution is 2.22. The topological polar surface area (TPSA) is 30.9 Å². The molecule has 0 saturated carbocycles. The first kappa shape index (κ1) is 17.7. The van der Waals surface area contributed by atoms with E-state index in [1.165, 1.54) is 37.1 Å². The zero-order valence-corrected chi connectivity index (χ0v) is 15.8. The molecule has 4 rings (SSSR count). The highest BCUT2D eigenvalue weighted by molar-refractivity contribution is 6.07. The zero-order chi connectivity index (χ0) is 18.6. The lowest BCUT2D eigenvalue weighted by Crippen LogP contribution is -3.26. The van der Waals surface area contributed by atoms with E-state index >= 15 is 0 Å². The molecule has 1 fully saturated rings. The smallest absolute Gasteiger partial charge is 0.185 e. The molecule has 4 heteroatoms. The number of nitrogens with zero attached hydrogens (tertiary/aromatic N) is 1. The Morgan fingerprint density at radius 3 is 2.48 bits per heavy atom. The summed E-state index contributed by atoms with van der Waals surface area (Å²) >= 11 is 0. The maximum Gasteiger partial charge on any atom is 0.185 e. The third-order valence-corrected chi connectivity index (χ3v) is 5.50. The minimum Gasteiger partial charge on any atom is -0.328 e. The molecule has 1 aromatic heterocycles. The van der Waals surface area contributed by atoms with Crippen LogP contribution in [0.2, 0.25) is 0 Å². The standard InChI is InChI=1S/C23H25N3O/c1-24-13-15-25(16-14-24)18-26-17-20(21-9-5-6-10-22(21)26)11-12-23(27)19-7-3-2-4-8-19/h2-12,17H,13-16,18H2,1H3/p+2/b12-11+. The summed E-state index contributed by atoms with van der Waals surface area (Å²) in [5.41, 5.74) is 3.07. The summed E-state index contributed by atoms with van der Waals surface area (Å²) in [6.07, 6.45) is 5.84. The van der Waals surface area contributed by atoms with E-state index in [1.54, 1.807) is 15.9 Å². The maximum absolute atomic E-state index is 12.4. The van der Waals surface area contributed by atoms with Gasteiger partial charge < -0.3 is 9.80 Å². The lowest BCUT2D eigenvalue weighted by Gasteiger charge is -2.27. The van der Waals surface area contributed by atoms with Crippen molar-refractivity contribution in [2.45, 2.75) is 6.67 Å². The van der Waals surface area contributed by atoms with Crippen molar-refractivity contribution in [3.05, 3.63) is 78.0 Å². The molecule has 2 aromatic carbocycles. The Labute approximate surface area is 160 Å². The molecule has 1 aliphatic rings. The number of likely N-dealkylation sites (N-methyl/N-ethyl adjacent to an activating group) is 1. The quantitative estimate of drug-likeness (QED) is 0.514. The molecule has 27 heavy (non-hydrogen) atoms. The predicted molar refractivity (Wildman–Crippen MR) is 109 cm³/mol. The SMILES string of the molecule is C[NH+]1CC[NH+](Cn2cc(/C=C/C(=O)c3ccccc3)c3ccccc32)CC1. The van der Waals surface area contributed by atoms with Crippen LogP contribution in [0.1, 0.15) is 15.9 Å². The molecular weight excluding hydrogens is 334 g/mol. The van der Waals surface area contributed by atoms with Crippen LogP contribution in [-0.4, -0.2) is 43.6 Å². The van der Waals surface area contributed by atoms with E-state index in [9.17, 15) is 4.79 Å². The first-order valence-corrected chi connectivity index (χ1v) is 9.71. The molecular formula is C23H27N3O+2. The van der Waals surface area contributed by atoms with Crippen molar-refractivity contribution < 1.29 is 14.6 Å². The zero-order valence-electron chi connectivity index (χ0n) is 15.8. The number of fused-ring (bicyclic) bond motifs is 1. The summed E-state index contributed by atoms with van der Waals surface area (Å²) in [4.78, 5) is 15.7. The molecule has 0 spiro atoms. The van der Waals surface area contributed by atoms with E-state index in [0.29, 0.717) is 0 Å². The average Bonchev–Trinajstić information content (AvgIpc) is 3.06. The van der Waals surface area contributed by atoms with Crippen molar-refractivity contribution in [2.75, 3.05) is 33.2 Å². The van der Waals surface area contributed by atoms with Gasteiger partial charge in [0.2, 0.25) is 0 Å². The van der Waals surface area contributed by atoms with Gasteiger partial charge in [0, 0.05) is 22.7 Å². The fourth-order valence-corrected chi connectivity index (χ4v) is 3.83. The summed E-state index contributed by atoms with van der Waals surface area (Å²) in [5, 5.41) is 1.20. The summed E-state index contributed by atoms with van der Waals surface area (Å²) in [6, 6.07) is 17.9. The van der Waals surface area contributed by atoms with Gasteiger partial charge in [-0.3, -0.25) is 9.36 Å². The molecule has 0 atom stereocenters. The fraction of sp³-hybridized carbons (Fsp3) is 0.261. The van der Waals surface area contributed by atoms with E-state index < -0.39 is 0 Å². The fourth-order valence-electron chi connectivity index (χ4n) is 3.83. The number of hydrogen-bond acceptors (Lipinski definition) is 1. The third-order valence-electron chi connectivity index (χ3n) is 5.50. The molecule has 138 valence electrons. The Balaban J connectivity index is 1.58. The van der Waals surface area contributed by atoms with Crippen molar-refractivity contribution >= 4 is 22.8 Å². The Kier molecular flexibility index (Phi) is 5.19. The number of ketones is 1. The minimum atomic E-state index is 0.0418. The molecule has 1 saturated heterocycles. The number of aromatic nitrogens is 1. The van der Waals surface area contributed by atoms with Crippen LogP contribution in [0.3, 0.4) is 0 Å². The summed E-state index contributed by atoms with van der Waals surface area (Å²) in [6.45, 7) is 5.85. The van der Waals surface area contributed by atoms with E-state index in [1.807, 2.05) is 36.4 Å². The van der Waals surface area contributed by atoms with Gasteiger partial charge in [0.25, 0.3) is 0 Å². The van der Waals surface area contributed by atoms with E-state index in [4.69, 9.17) is 0 Å². The highest BCUT2D eigenvalue weighted by Gasteiger charge is 2.20. The first-order valence-electron chi connectivity index (χ1n) is 9.71. The number of para-hydroxylation sites is 1. The Morgan fingerprint density at radius 2 is 1.70 bits per heavy atom. The minimum absolute atomic E-state index is 0.0418. The van der Waals surface area contributed by atoms with Crippen LogP contribution in [0.5, 0.6) is 0 Å². The Bertz CT molecular complexity index is 950. The van der Waals surface area contributed by atoms with Crippen LogP contribution in [-0.2, 0) is 6.67 Å². The molecule has 2 N–H and O–H groups in total. The number of hydrogen-bond donors (Lipinski definition) is 2. The summed E-state index contributed by atoms with van der Waals surface area (Å²) < 4.78 is 2.35.